The fourth-order valence-electron chi connectivity index (χ4n) is 1.29. The minimum atomic E-state index is -0.893. The summed E-state index contributed by atoms with van der Waals surface area (Å²) in [5.41, 5.74) is 0.159. The van der Waals surface area contributed by atoms with Crippen molar-refractivity contribution in [1.82, 2.24) is 0 Å². The summed E-state index contributed by atoms with van der Waals surface area (Å²) in [5.74, 6) is -0.799. The summed E-state index contributed by atoms with van der Waals surface area (Å²) in [6, 6.07) is 4.58. The van der Waals surface area contributed by atoms with Gasteiger partial charge in [-0.1, -0.05) is 0 Å². The van der Waals surface area contributed by atoms with Crippen molar-refractivity contribution in [3.05, 3.63) is 23.8 Å². The number of carbonyl (C=O) groups excluding carboxylic acids is 2. The quantitative estimate of drug-likeness (QED) is 0.441. The molecule has 5 heteroatoms. The van der Waals surface area contributed by atoms with Crippen molar-refractivity contribution < 1.29 is 23.8 Å². The second-order valence-corrected chi connectivity index (χ2v) is 3.12. The van der Waals surface area contributed by atoms with Crippen LogP contribution in [-0.4, -0.2) is 32.6 Å². The first kappa shape index (κ1) is 13.0. The van der Waals surface area contributed by atoms with E-state index in [1.807, 2.05) is 0 Å². The minimum Gasteiger partial charge on any atom is -0.497 e. The Kier molecular flexibility index (Phi) is 4.51. The van der Waals surface area contributed by atoms with Gasteiger partial charge in [-0.15, -0.1) is 0 Å². The third-order valence-corrected chi connectivity index (χ3v) is 2.11. The molecule has 0 amide bonds. The molecule has 0 atom stereocenters. The van der Waals surface area contributed by atoms with Crippen LogP contribution < -0.4 is 9.47 Å². The number of ether oxygens (including phenoxy) is 3. The first-order chi connectivity index (χ1) is 8.13. The predicted octanol–water partition coefficient (Wildman–Crippen LogP) is 1.45. The first-order valence-corrected chi connectivity index (χ1v) is 5.07. The highest BCUT2D eigenvalue weighted by atomic mass is 16.5. The molecule has 0 spiro atoms. The maximum absolute atomic E-state index is 11.7. The van der Waals surface area contributed by atoms with Crippen LogP contribution in [0.5, 0.6) is 11.5 Å². The zero-order valence-corrected chi connectivity index (χ0v) is 9.98. The summed E-state index contributed by atoms with van der Waals surface area (Å²) in [4.78, 5) is 23.0. The number of ketones is 1. The van der Waals surface area contributed by atoms with Gasteiger partial charge >= 0.3 is 5.97 Å². The molecule has 5 nitrogen and oxygen atoms in total. The maximum atomic E-state index is 11.7. The van der Waals surface area contributed by atoms with Crippen LogP contribution in [0.4, 0.5) is 0 Å². The lowest BCUT2D eigenvalue weighted by Crippen LogP contribution is -2.18. The third-order valence-electron chi connectivity index (χ3n) is 2.11. The Bertz CT molecular complexity index is 425. The van der Waals surface area contributed by atoms with Gasteiger partial charge in [-0.05, 0) is 19.1 Å². The van der Waals surface area contributed by atoms with Gasteiger partial charge in [0.15, 0.2) is 0 Å². The van der Waals surface area contributed by atoms with Crippen molar-refractivity contribution in [1.29, 1.82) is 0 Å². The molecule has 0 aliphatic heterocycles. The molecule has 0 N–H and O–H groups in total. The van der Waals surface area contributed by atoms with Crippen molar-refractivity contribution in [2.24, 2.45) is 0 Å². The average Bonchev–Trinajstić information content (AvgIpc) is 2.37. The zero-order chi connectivity index (χ0) is 12.8. The number of hydrogen-bond acceptors (Lipinski definition) is 5. The van der Waals surface area contributed by atoms with E-state index in [9.17, 15) is 9.59 Å². The van der Waals surface area contributed by atoms with Crippen LogP contribution in [0.2, 0.25) is 0 Å². The van der Waals surface area contributed by atoms with Gasteiger partial charge in [-0.25, -0.2) is 4.79 Å². The summed E-state index contributed by atoms with van der Waals surface area (Å²) < 4.78 is 14.7. The van der Waals surface area contributed by atoms with E-state index in [4.69, 9.17) is 9.47 Å². The normalized spacial score (nSPS) is 9.59. The van der Waals surface area contributed by atoms with Crippen molar-refractivity contribution >= 4 is 11.8 Å². The molecular weight excluding hydrogens is 224 g/mol. The Labute approximate surface area is 99.3 Å². The summed E-state index contributed by atoms with van der Waals surface area (Å²) in [5, 5.41) is 0. The van der Waals surface area contributed by atoms with Gasteiger partial charge in [0.1, 0.15) is 11.5 Å². The number of rotatable bonds is 5. The molecule has 0 aliphatic rings. The Morgan fingerprint density at radius 2 is 1.88 bits per heavy atom. The van der Waals surface area contributed by atoms with E-state index < -0.39 is 11.8 Å². The molecule has 0 heterocycles. The first-order valence-electron chi connectivity index (χ1n) is 5.07. The molecule has 0 bridgehead atoms. The van der Waals surface area contributed by atoms with Crippen molar-refractivity contribution in [3.63, 3.8) is 0 Å². The topological polar surface area (TPSA) is 61.8 Å². The lowest BCUT2D eigenvalue weighted by Gasteiger charge is -2.08. The highest BCUT2D eigenvalue weighted by Crippen LogP contribution is 2.25. The number of esters is 1. The molecule has 0 aliphatic carbocycles. The highest BCUT2D eigenvalue weighted by molar-refractivity contribution is 6.41. The Morgan fingerprint density at radius 1 is 1.18 bits per heavy atom. The second-order valence-electron chi connectivity index (χ2n) is 3.12. The van der Waals surface area contributed by atoms with E-state index >= 15 is 0 Å². The number of carbonyl (C=O) groups is 2. The van der Waals surface area contributed by atoms with Crippen LogP contribution in [0, 0.1) is 0 Å². The molecule has 1 aromatic carbocycles. The molecule has 1 rings (SSSR count). The molecule has 0 aromatic heterocycles. The summed E-state index contributed by atoms with van der Waals surface area (Å²) in [6.07, 6.45) is 0. The Hall–Kier alpha value is -2.04. The van der Waals surface area contributed by atoms with Gasteiger partial charge in [0.25, 0.3) is 5.78 Å². The summed E-state index contributed by atoms with van der Waals surface area (Å²) >= 11 is 0. The smallest absolute Gasteiger partial charge is 0.379 e. The van der Waals surface area contributed by atoms with Gasteiger partial charge in [0.2, 0.25) is 0 Å². The predicted molar refractivity (Wildman–Crippen MR) is 60.5 cm³/mol. The molecule has 17 heavy (non-hydrogen) atoms. The van der Waals surface area contributed by atoms with Gasteiger partial charge in [0, 0.05) is 6.07 Å². The largest absolute Gasteiger partial charge is 0.497 e. The molecule has 0 saturated heterocycles. The van der Waals surface area contributed by atoms with Crippen LogP contribution in [0.25, 0.3) is 0 Å². The third kappa shape index (κ3) is 2.96. The van der Waals surface area contributed by atoms with Gasteiger partial charge in [0.05, 0.1) is 26.4 Å². The Balaban J connectivity index is 3.05. The molecule has 0 fully saturated rings. The molecule has 1 aromatic rings. The van der Waals surface area contributed by atoms with Crippen molar-refractivity contribution in [2.75, 3.05) is 20.8 Å². The average molecular weight is 238 g/mol. The lowest BCUT2D eigenvalue weighted by atomic mass is 10.1. The monoisotopic (exact) mass is 238 g/mol. The fraction of sp³-hybridized carbons (Fsp3) is 0.333. The SMILES string of the molecule is CCOC(=O)C(=O)c1ccc(OC)cc1OC. The van der Waals surface area contributed by atoms with Crippen LogP contribution in [0.15, 0.2) is 18.2 Å². The number of benzene rings is 1. The van der Waals surface area contributed by atoms with E-state index in [0.717, 1.165) is 0 Å². The maximum Gasteiger partial charge on any atom is 0.379 e. The number of hydrogen-bond donors (Lipinski definition) is 0. The van der Waals surface area contributed by atoms with E-state index in [0.29, 0.717) is 5.75 Å². The zero-order valence-electron chi connectivity index (χ0n) is 9.98. The van der Waals surface area contributed by atoms with Crippen LogP contribution >= 0.6 is 0 Å². The van der Waals surface area contributed by atoms with Crippen LogP contribution in [0.3, 0.4) is 0 Å². The standard InChI is InChI=1S/C12H14O5/c1-4-17-12(14)11(13)9-6-5-8(15-2)7-10(9)16-3/h5-7H,4H2,1-3H3. The molecule has 0 radical (unpaired) electrons. The van der Waals surface area contributed by atoms with Crippen LogP contribution in [0.1, 0.15) is 17.3 Å². The minimum absolute atomic E-state index is 0.156. The van der Waals surface area contributed by atoms with Gasteiger partial charge in [-0.2, -0.15) is 0 Å². The molecule has 0 saturated carbocycles. The van der Waals surface area contributed by atoms with Crippen molar-refractivity contribution in [2.45, 2.75) is 6.92 Å². The lowest BCUT2D eigenvalue weighted by molar-refractivity contribution is -0.137. The molecule has 0 unspecified atom stereocenters. The molecule has 92 valence electrons. The van der Waals surface area contributed by atoms with E-state index in [1.165, 1.54) is 26.4 Å². The van der Waals surface area contributed by atoms with E-state index in [-0.39, 0.29) is 17.9 Å². The van der Waals surface area contributed by atoms with E-state index in [1.54, 1.807) is 13.0 Å². The van der Waals surface area contributed by atoms with Gasteiger partial charge in [-0.3, -0.25) is 4.79 Å². The van der Waals surface area contributed by atoms with Crippen molar-refractivity contribution in [3.8, 4) is 11.5 Å². The van der Waals surface area contributed by atoms with Gasteiger partial charge < -0.3 is 14.2 Å². The van der Waals surface area contributed by atoms with Crippen LogP contribution in [-0.2, 0) is 9.53 Å². The Morgan fingerprint density at radius 3 is 2.41 bits per heavy atom. The summed E-state index contributed by atoms with van der Waals surface area (Å²) in [7, 11) is 2.92. The number of methoxy groups -OCH3 is 2. The fourth-order valence-corrected chi connectivity index (χ4v) is 1.29. The highest BCUT2D eigenvalue weighted by Gasteiger charge is 2.21. The number of Topliss-reactive ketones (excluding diaryl/α,β-unsaturated/α-hetero) is 1. The van der Waals surface area contributed by atoms with E-state index in [2.05, 4.69) is 4.74 Å². The second kappa shape index (κ2) is 5.89. The molecular formula is C12H14O5. The summed E-state index contributed by atoms with van der Waals surface area (Å²) in [6.45, 7) is 1.79.